The molecule has 1 fully saturated rings. The minimum Gasteiger partial charge on any atom is -0.336 e. The molecule has 132 valence electrons. The van der Waals surface area contributed by atoms with Crippen molar-refractivity contribution in [1.29, 1.82) is 0 Å². The summed E-state index contributed by atoms with van der Waals surface area (Å²) in [6, 6.07) is 2.78. The third-order valence-corrected chi connectivity index (χ3v) is 4.18. The monoisotopic (exact) mass is 339 g/mol. The van der Waals surface area contributed by atoms with Crippen molar-refractivity contribution in [2.24, 2.45) is 5.92 Å². The van der Waals surface area contributed by atoms with Crippen LogP contribution in [0.15, 0.2) is 18.2 Å². The van der Waals surface area contributed by atoms with Gasteiger partial charge in [-0.25, -0.2) is 8.78 Å². The van der Waals surface area contributed by atoms with Crippen molar-refractivity contribution >= 4 is 17.5 Å². The molecule has 24 heavy (non-hydrogen) atoms. The predicted octanol–water partition coefficient (Wildman–Crippen LogP) is 2.14. The SMILES string of the molecule is CN(CC(=O)Nc1cc(F)cc(F)c1)C(=O)CCC1CCNCC1. The van der Waals surface area contributed by atoms with Crippen LogP contribution in [-0.4, -0.2) is 43.4 Å². The lowest BCUT2D eigenvalue weighted by Crippen LogP contribution is -2.35. The molecule has 0 spiro atoms. The second-order valence-corrected chi connectivity index (χ2v) is 6.19. The molecule has 2 rings (SSSR count). The van der Waals surface area contributed by atoms with E-state index in [1.807, 2.05) is 0 Å². The van der Waals surface area contributed by atoms with Gasteiger partial charge in [-0.05, 0) is 50.4 Å². The fourth-order valence-corrected chi connectivity index (χ4v) is 2.82. The highest BCUT2D eigenvalue weighted by Crippen LogP contribution is 2.18. The van der Waals surface area contributed by atoms with Gasteiger partial charge in [-0.15, -0.1) is 0 Å². The lowest BCUT2D eigenvalue weighted by Gasteiger charge is -2.23. The van der Waals surface area contributed by atoms with Crippen LogP contribution in [0.4, 0.5) is 14.5 Å². The minimum atomic E-state index is -0.767. The van der Waals surface area contributed by atoms with Crippen LogP contribution in [0.1, 0.15) is 25.7 Å². The van der Waals surface area contributed by atoms with Gasteiger partial charge >= 0.3 is 0 Å². The first-order valence-corrected chi connectivity index (χ1v) is 8.14. The topological polar surface area (TPSA) is 61.4 Å². The number of carbonyl (C=O) groups excluding carboxylic acids is 2. The molecule has 0 unspecified atom stereocenters. The van der Waals surface area contributed by atoms with E-state index in [0.717, 1.165) is 50.6 Å². The maximum absolute atomic E-state index is 13.1. The molecular weight excluding hydrogens is 316 g/mol. The normalized spacial score (nSPS) is 15.1. The average Bonchev–Trinajstić information content (AvgIpc) is 2.52. The van der Waals surface area contributed by atoms with Gasteiger partial charge in [0, 0.05) is 25.2 Å². The summed E-state index contributed by atoms with van der Waals surface area (Å²) in [5.74, 6) is -1.58. The van der Waals surface area contributed by atoms with Gasteiger partial charge in [0.1, 0.15) is 11.6 Å². The summed E-state index contributed by atoms with van der Waals surface area (Å²) in [4.78, 5) is 25.3. The Morgan fingerprint density at radius 3 is 2.46 bits per heavy atom. The molecule has 2 amide bonds. The van der Waals surface area contributed by atoms with Crippen molar-refractivity contribution in [3.05, 3.63) is 29.8 Å². The molecule has 1 aliphatic heterocycles. The van der Waals surface area contributed by atoms with E-state index in [1.165, 1.54) is 4.90 Å². The number of likely N-dealkylation sites (N-methyl/N-ethyl adjacent to an activating group) is 1. The van der Waals surface area contributed by atoms with Gasteiger partial charge in [0.25, 0.3) is 0 Å². The number of amides is 2. The smallest absolute Gasteiger partial charge is 0.243 e. The first kappa shape index (κ1) is 18.3. The standard InChI is InChI=1S/C17H23F2N3O2/c1-22(17(24)3-2-12-4-6-20-7-5-12)11-16(23)21-15-9-13(18)8-14(19)10-15/h8-10,12,20H,2-7,11H2,1H3,(H,21,23). The van der Waals surface area contributed by atoms with Crippen molar-refractivity contribution in [3.63, 3.8) is 0 Å². The quantitative estimate of drug-likeness (QED) is 0.835. The summed E-state index contributed by atoms with van der Waals surface area (Å²) in [5, 5.41) is 5.67. The van der Waals surface area contributed by atoms with Gasteiger partial charge < -0.3 is 15.5 Å². The number of benzene rings is 1. The van der Waals surface area contributed by atoms with Gasteiger partial charge in [0.2, 0.25) is 11.8 Å². The highest BCUT2D eigenvalue weighted by molar-refractivity contribution is 5.94. The number of nitrogens with zero attached hydrogens (tertiary/aromatic N) is 1. The number of carbonyl (C=O) groups is 2. The van der Waals surface area contributed by atoms with Crippen molar-refractivity contribution < 1.29 is 18.4 Å². The maximum atomic E-state index is 13.1. The molecule has 2 N–H and O–H groups in total. The van der Waals surface area contributed by atoms with E-state index in [1.54, 1.807) is 7.05 Å². The summed E-state index contributed by atoms with van der Waals surface area (Å²) >= 11 is 0. The molecule has 0 aromatic heterocycles. The van der Waals surface area contributed by atoms with Crippen molar-refractivity contribution in [3.8, 4) is 0 Å². The van der Waals surface area contributed by atoms with Crippen LogP contribution in [-0.2, 0) is 9.59 Å². The Labute approximate surface area is 140 Å². The number of hydrogen-bond donors (Lipinski definition) is 2. The van der Waals surface area contributed by atoms with Crippen LogP contribution in [0.3, 0.4) is 0 Å². The lowest BCUT2D eigenvalue weighted by molar-refractivity contribution is -0.133. The Balaban J connectivity index is 1.76. The van der Waals surface area contributed by atoms with Gasteiger partial charge in [0.15, 0.2) is 0 Å². The molecule has 1 aromatic rings. The number of rotatable bonds is 6. The summed E-state index contributed by atoms with van der Waals surface area (Å²) in [5.41, 5.74) is 0.0352. The Morgan fingerprint density at radius 2 is 1.83 bits per heavy atom. The van der Waals surface area contributed by atoms with Crippen molar-refractivity contribution in [2.45, 2.75) is 25.7 Å². The Bertz CT molecular complexity index is 569. The minimum absolute atomic E-state index is 0.0352. The van der Waals surface area contributed by atoms with E-state index in [4.69, 9.17) is 0 Å². The van der Waals surface area contributed by atoms with Crippen LogP contribution in [0, 0.1) is 17.6 Å². The molecule has 0 aliphatic carbocycles. The Morgan fingerprint density at radius 1 is 1.21 bits per heavy atom. The summed E-state index contributed by atoms with van der Waals surface area (Å²) < 4.78 is 26.2. The van der Waals surface area contributed by atoms with E-state index in [9.17, 15) is 18.4 Å². The Kier molecular flexibility index (Phi) is 6.66. The molecule has 1 aliphatic rings. The van der Waals surface area contributed by atoms with Gasteiger partial charge in [0.05, 0.1) is 6.54 Å². The molecule has 0 atom stereocenters. The fraction of sp³-hybridized carbons (Fsp3) is 0.529. The van der Waals surface area contributed by atoms with Crippen LogP contribution in [0.5, 0.6) is 0 Å². The molecule has 1 heterocycles. The molecule has 0 saturated carbocycles. The molecule has 0 radical (unpaired) electrons. The average molecular weight is 339 g/mol. The molecule has 7 heteroatoms. The van der Waals surface area contributed by atoms with Crippen molar-refractivity contribution in [1.82, 2.24) is 10.2 Å². The highest BCUT2D eigenvalue weighted by atomic mass is 19.1. The third-order valence-electron chi connectivity index (χ3n) is 4.18. The summed E-state index contributed by atoms with van der Waals surface area (Å²) in [6.07, 6.45) is 3.37. The number of halogens is 2. The van der Waals surface area contributed by atoms with Gasteiger partial charge in [-0.3, -0.25) is 9.59 Å². The van der Waals surface area contributed by atoms with Gasteiger partial charge in [-0.2, -0.15) is 0 Å². The van der Waals surface area contributed by atoms with Crippen LogP contribution in [0.2, 0.25) is 0 Å². The molecule has 0 bridgehead atoms. The largest absolute Gasteiger partial charge is 0.336 e. The zero-order chi connectivity index (χ0) is 17.5. The predicted molar refractivity (Wildman–Crippen MR) is 87.5 cm³/mol. The summed E-state index contributed by atoms with van der Waals surface area (Å²) in [7, 11) is 1.55. The van der Waals surface area contributed by atoms with E-state index in [2.05, 4.69) is 10.6 Å². The summed E-state index contributed by atoms with van der Waals surface area (Å²) in [6.45, 7) is 1.83. The van der Waals surface area contributed by atoms with E-state index in [0.29, 0.717) is 12.3 Å². The number of anilines is 1. The van der Waals surface area contributed by atoms with E-state index in [-0.39, 0.29) is 18.1 Å². The van der Waals surface area contributed by atoms with E-state index < -0.39 is 17.5 Å². The molecular formula is C17H23F2N3O2. The van der Waals surface area contributed by atoms with Crippen molar-refractivity contribution in [2.75, 3.05) is 32.0 Å². The number of hydrogen-bond acceptors (Lipinski definition) is 3. The second-order valence-electron chi connectivity index (χ2n) is 6.19. The Hall–Kier alpha value is -2.02. The molecule has 5 nitrogen and oxygen atoms in total. The fourth-order valence-electron chi connectivity index (χ4n) is 2.82. The maximum Gasteiger partial charge on any atom is 0.243 e. The van der Waals surface area contributed by atoms with Crippen LogP contribution in [0.25, 0.3) is 0 Å². The van der Waals surface area contributed by atoms with E-state index >= 15 is 0 Å². The molecule has 1 aromatic carbocycles. The van der Waals surface area contributed by atoms with Crippen LogP contribution < -0.4 is 10.6 Å². The first-order chi connectivity index (χ1) is 11.4. The number of nitrogens with one attached hydrogen (secondary N) is 2. The third kappa shape index (κ3) is 5.88. The van der Waals surface area contributed by atoms with Gasteiger partial charge in [-0.1, -0.05) is 0 Å². The first-order valence-electron chi connectivity index (χ1n) is 8.14. The zero-order valence-electron chi connectivity index (χ0n) is 13.8. The number of piperidine rings is 1. The van der Waals surface area contributed by atoms with Crippen LogP contribution >= 0.6 is 0 Å². The highest BCUT2D eigenvalue weighted by Gasteiger charge is 2.18. The lowest BCUT2D eigenvalue weighted by atomic mass is 9.93. The zero-order valence-corrected chi connectivity index (χ0v) is 13.8. The molecule has 1 saturated heterocycles. The second kappa shape index (κ2) is 8.73.